The topological polar surface area (TPSA) is 99.2 Å². The Hall–Kier alpha value is -1.88. The van der Waals surface area contributed by atoms with Gasteiger partial charge in [-0.1, -0.05) is 62.7 Å². The molecule has 2 unspecified atom stereocenters. The van der Waals surface area contributed by atoms with Crippen LogP contribution in [0.25, 0.3) is 0 Å². The van der Waals surface area contributed by atoms with Gasteiger partial charge in [-0.05, 0) is 82.3 Å². The lowest BCUT2D eigenvalue weighted by atomic mass is 9.89. The molecule has 3 aliphatic rings. The fourth-order valence-corrected chi connectivity index (χ4v) is 6.34. The Bertz CT molecular complexity index is 1130. The Morgan fingerprint density at radius 2 is 1.95 bits per heavy atom. The third kappa shape index (κ3) is 11.8. The molecule has 44 heavy (non-hydrogen) atoms. The van der Waals surface area contributed by atoms with E-state index in [1.54, 1.807) is 18.3 Å². The van der Waals surface area contributed by atoms with E-state index in [2.05, 4.69) is 30.1 Å². The SMILES string of the molecule is [2H][C@@](/C=C/[C@@H]1[C@@H](C/C=C\CCCC(=O)Oc2ccc[nH]c2=S)[C@@H](O)C[C@H]1OC1CCCCO1)(CCCCC)OC1CCCCO1. The van der Waals surface area contributed by atoms with E-state index in [1.165, 1.54) is 0 Å². The van der Waals surface area contributed by atoms with Gasteiger partial charge < -0.3 is 33.8 Å². The molecule has 0 radical (unpaired) electrons. The van der Waals surface area contributed by atoms with Crippen molar-refractivity contribution in [3.8, 4) is 5.75 Å². The number of unbranched alkanes of at least 4 members (excludes halogenated alkanes) is 3. The monoisotopic (exact) mass is 632 g/mol. The van der Waals surface area contributed by atoms with Crippen molar-refractivity contribution in [1.82, 2.24) is 4.98 Å². The lowest BCUT2D eigenvalue weighted by Crippen LogP contribution is -2.31. The number of aliphatic hydroxyl groups is 1. The van der Waals surface area contributed by atoms with Crippen LogP contribution in [0.4, 0.5) is 0 Å². The van der Waals surface area contributed by atoms with Crippen LogP contribution in [0.2, 0.25) is 0 Å². The molecule has 3 fully saturated rings. The van der Waals surface area contributed by atoms with Crippen molar-refractivity contribution in [3.63, 3.8) is 0 Å². The van der Waals surface area contributed by atoms with Crippen LogP contribution in [0.5, 0.6) is 5.75 Å². The molecular weight excluding hydrogens is 578 g/mol. The standard InChI is InChI=1S/C35H53NO7S/c1-2-3-6-14-26(41-33-18-9-11-23-39-33)20-21-28-27(29(37)25-31(28)43-34-19-10-12-24-40-34)15-7-4-5-8-17-32(38)42-30-16-13-22-36-35(30)44/h4,7,13,16,20-22,26-29,31,33-34,37H,2-3,5-6,8-12,14-15,17-19,23-25H2,1H3,(H,36,44)/b7-4-,21-20+/t26-,27+,28+,29-,31+,33?,34?/m0/s1/i26D. The largest absolute Gasteiger partial charge is 0.423 e. The summed E-state index contributed by atoms with van der Waals surface area (Å²) in [5, 5.41) is 11.2. The Balaban J connectivity index is 1.38. The number of pyridine rings is 1. The van der Waals surface area contributed by atoms with Gasteiger partial charge in [-0.3, -0.25) is 4.79 Å². The highest BCUT2D eigenvalue weighted by molar-refractivity contribution is 7.71. The Morgan fingerprint density at radius 1 is 1.16 bits per heavy atom. The van der Waals surface area contributed by atoms with Gasteiger partial charge in [0.25, 0.3) is 0 Å². The van der Waals surface area contributed by atoms with Crippen LogP contribution in [0.3, 0.4) is 0 Å². The molecule has 246 valence electrons. The number of aliphatic hydroxyl groups excluding tert-OH is 1. The zero-order valence-electron chi connectivity index (χ0n) is 27.3. The minimum absolute atomic E-state index is 0.0679. The van der Waals surface area contributed by atoms with E-state index in [4.69, 9.17) is 35.9 Å². The predicted octanol–water partition coefficient (Wildman–Crippen LogP) is 7.72. The van der Waals surface area contributed by atoms with Crippen molar-refractivity contribution >= 4 is 18.2 Å². The fourth-order valence-electron chi connectivity index (χ4n) is 6.16. The van der Waals surface area contributed by atoms with Gasteiger partial charge in [0.1, 0.15) is 4.64 Å². The van der Waals surface area contributed by atoms with Crippen LogP contribution in [0, 0.1) is 16.5 Å². The summed E-state index contributed by atoms with van der Waals surface area (Å²) in [5.74, 6) is -0.0977. The number of hydrogen-bond donors (Lipinski definition) is 2. The lowest BCUT2D eigenvalue weighted by molar-refractivity contribution is -0.193. The Morgan fingerprint density at radius 3 is 2.68 bits per heavy atom. The molecule has 2 saturated heterocycles. The quantitative estimate of drug-likeness (QED) is 0.0780. The van der Waals surface area contributed by atoms with Crippen molar-refractivity contribution in [1.29, 1.82) is 0 Å². The molecule has 1 aromatic rings. The highest BCUT2D eigenvalue weighted by Crippen LogP contribution is 2.39. The number of nitrogens with one attached hydrogen (secondary N) is 1. The number of allylic oxidation sites excluding steroid dienone is 2. The first-order chi connectivity index (χ1) is 21.9. The molecule has 0 amide bonds. The van der Waals surface area contributed by atoms with Crippen LogP contribution < -0.4 is 4.74 Å². The molecule has 9 heteroatoms. The van der Waals surface area contributed by atoms with Gasteiger partial charge in [-0.25, -0.2) is 0 Å². The molecule has 1 aromatic heterocycles. The highest BCUT2D eigenvalue weighted by Gasteiger charge is 2.42. The molecular formula is C35H53NO7S. The molecule has 4 rings (SSSR count). The third-order valence-corrected chi connectivity index (χ3v) is 8.96. The maximum atomic E-state index is 12.2. The molecule has 1 aliphatic carbocycles. The van der Waals surface area contributed by atoms with Crippen molar-refractivity contribution in [2.45, 2.75) is 134 Å². The molecule has 3 heterocycles. The predicted molar refractivity (Wildman–Crippen MR) is 173 cm³/mol. The summed E-state index contributed by atoms with van der Waals surface area (Å²) in [4.78, 5) is 15.1. The van der Waals surface area contributed by atoms with Crippen molar-refractivity contribution in [3.05, 3.63) is 47.3 Å². The average Bonchev–Trinajstić information content (AvgIpc) is 3.33. The van der Waals surface area contributed by atoms with E-state index in [0.29, 0.717) is 49.3 Å². The first-order valence-electron chi connectivity index (χ1n) is 17.3. The molecule has 0 spiro atoms. The number of carbonyl (C=O) groups excluding carboxylic acids is 1. The van der Waals surface area contributed by atoms with E-state index >= 15 is 0 Å². The van der Waals surface area contributed by atoms with Gasteiger partial charge >= 0.3 is 5.97 Å². The van der Waals surface area contributed by atoms with Crippen LogP contribution in [0.1, 0.15) is 105 Å². The second-order valence-corrected chi connectivity index (χ2v) is 12.6. The number of ether oxygens (including phenoxy) is 5. The molecule has 8 nitrogen and oxygen atoms in total. The van der Waals surface area contributed by atoms with Gasteiger partial charge in [0, 0.05) is 38.2 Å². The van der Waals surface area contributed by atoms with Crippen LogP contribution in [-0.2, 0) is 23.7 Å². The lowest BCUT2D eigenvalue weighted by Gasteiger charge is -2.30. The number of esters is 1. The van der Waals surface area contributed by atoms with Crippen LogP contribution in [-0.4, -0.2) is 60.1 Å². The molecule has 2 aliphatic heterocycles. The number of aromatic amines is 1. The maximum Gasteiger partial charge on any atom is 0.311 e. The van der Waals surface area contributed by atoms with Gasteiger partial charge in [0.15, 0.2) is 18.3 Å². The van der Waals surface area contributed by atoms with Crippen molar-refractivity contribution in [2.24, 2.45) is 11.8 Å². The maximum absolute atomic E-state index is 12.2. The summed E-state index contributed by atoms with van der Waals surface area (Å²) < 4.78 is 39.6. The van der Waals surface area contributed by atoms with E-state index in [0.717, 1.165) is 64.2 Å². The summed E-state index contributed by atoms with van der Waals surface area (Å²) in [6.07, 6.45) is 19.5. The van der Waals surface area contributed by atoms with E-state index < -0.39 is 12.2 Å². The number of rotatable bonds is 17. The Kier molecular flexibility index (Phi) is 14.9. The van der Waals surface area contributed by atoms with Crippen molar-refractivity contribution in [2.75, 3.05) is 13.2 Å². The normalized spacial score (nSPS) is 29.5. The van der Waals surface area contributed by atoms with Crippen LogP contribution >= 0.6 is 12.2 Å². The molecule has 0 bridgehead atoms. The number of hydrogen-bond acceptors (Lipinski definition) is 8. The summed E-state index contributed by atoms with van der Waals surface area (Å²) in [6, 6.07) is 3.42. The first kappa shape index (κ1) is 33.5. The van der Waals surface area contributed by atoms with E-state index in [9.17, 15) is 11.3 Å². The second kappa shape index (κ2) is 19.6. The molecule has 1 saturated carbocycles. The van der Waals surface area contributed by atoms with Crippen molar-refractivity contribution < 1.29 is 35.0 Å². The summed E-state index contributed by atoms with van der Waals surface area (Å²) in [5.41, 5.74) is 0. The zero-order valence-corrected chi connectivity index (χ0v) is 27.1. The van der Waals surface area contributed by atoms with E-state index in [1.807, 2.05) is 6.08 Å². The number of carbonyl (C=O) groups is 1. The smallest absolute Gasteiger partial charge is 0.311 e. The van der Waals surface area contributed by atoms with Gasteiger partial charge in [0.2, 0.25) is 0 Å². The van der Waals surface area contributed by atoms with E-state index in [-0.39, 0.29) is 42.9 Å². The minimum Gasteiger partial charge on any atom is -0.423 e. The Labute approximate surface area is 269 Å². The van der Waals surface area contributed by atoms with Crippen LogP contribution in [0.15, 0.2) is 42.6 Å². The molecule has 2 N–H and O–H groups in total. The second-order valence-electron chi connectivity index (χ2n) is 12.1. The fraction of sp³-hybridized carbons (Fsp3) is 0.714. The average molecular weight is 633 g/mol. The van der Waals surface area contributed by atoms with Gasteiger partial charge in [-0.2, -0.15) is 0 Å². The third-order valence-electron chi connectivity index (χ3n) is 8.64. The zero-order chi connectivity index (χ0) is 31.9. The first-order valence-corrected chi connectivity index (χ1v) is 17.2. The molecule has 0 aromatic carbocycles. The van der Waals surface area contributed by atoms with Gasteiger partial charge in [0.05, 0.1) is 19.7 Å². The summed E-state index contributed by atoms with van der Waals surface area (Å²) in [7, 11) is 0. The summed E-state index contributed by atoms with van der Waals surface area (Å²) >= 11 is 5.16. The molecule has 7 atom stereocenters. The number of H-pyrrole nitrogens is 1. The highest BCUT2D eigenvalue weighted by atomic mass is 32.1. The van der Waals surface area contributed by atoms with Gasteiger partial charge in [-0.15, -0.1) is 0 Å². The number of aromatic nitrogens is 1. The minimum atomic E-state index is -1.20. The summed E-state index contributed by atoms with van der Waals surface area (Å²) in [6.45, 7) is 3.52.